The zero-order valence-corrected chi connectivity index (χ0v) is 11.3. The number of carboxylic acids is 1. The number of aliphatic carboxylic acids is 1. The molecule has 0 saturated heterocycles. The first kappa shape index (κ1) is 15.0. The number of nitrogens with one attached hydrogen (secondary N) is 2. The summed E-state index contributed by atoms with van der Waals surface area (Å²) in [7, 11) is 0. The molecule has 5 heteroatoms. The van der Waals surface area contributed by atoms with Crippen molar-refractivity contribution >= 4 is 12.0 Å². The van der Waals surface area contributed by atoms with Crippen LogP contribution < -0.4 is 10.6 Å². The Morgan fingerprint density at radius 2 is 2.00 bits per heavy atom. The molecule has 0 aliphatic heterocycles. The van der Waals surface area contributed by atoms with Crippen LogP contribution in [0, 0.1) is 6.92 Å². The highest BCUT2D eigenvalue weighted by molar-refractivity contribution is 5.75. The maximum atomic E-state index is 11.7. The first-order chi connectivity index (χ1) is 9.02. The molecule has 104 valence electrons. The predicted molar refractivity (Wildman–Crippen MR) is 72.9 cm³/mol. The average molecular weight is 264 g/mol. The van der Waals surface area contributed by atoms with Crippen LogP contribution in [0.1, 0.15) is 30.9 Å². The number of hydrogen-bond acceptors (Lipinski definition) is 2. The lowest BCUT2D eigenvalue weighted by molar-refractivity contribution is -0.137. The Labute approximate surface area is 113 Å². The molecule has 0 aliphatic carbocycles. The molecular weight excluding hydrogens is 244 g/mol. The average Bonchev–Trinajstić information content (AvgIpc) is 2.36. The van der Waals surface area contributed by atoms with E-state index >= 15 is 0 Å². The summed E-state index contributed by atoms with van der Waals surface area (Å²) in [6.07, 6.45) is 0.526. The largest absolute Gasteiger partial charge is 0.481 e. The Hall–Kier alpha value is -2.04. The molecule has 2 amide bonds. The van der Waals surface area contributed by atoms with Crippen molar-refractivity contribution in [1.82, 2.24) is 10.6 Å². The summed E-state index contributed by atoms with van der Waals surface area (Å²) in [5.74, 6) is -0.911. The number of aryl methyl sites for hydroxylation is 1. The number of carboxylic acid groups (broad SMARTS) is 1. The highest BCUT2D eigenvalue weighted by Gasteiger charge is 2.13. The lowest BCUT2D eigenvalue weighted by Crippen LogP contribution is -2.42. The number of carbonyl (C=O) groups excluding carboxylic acids is 1. The Morgan fingerprint density at radius 3 is 2.58 bits per heavy atom. The van der Waals surface area contributed by atoms with Gasteiger partial charge in [-0.05, 0) is 24.5 Å². The van der Waals surface area contributed by atoms with E-state index in [0.29, 0.717) is 13.0 Å². The van der Waals surface area contributed by atoms with Crippen molar-refractivity contribution < 1.29 is 14.7 Å². The monoisotopic (exact) mass is 264 g/mol. The van der Waals surface area contributed by atoms with Gasteiger partial charge in [-0.2, -0.15) is 0 Å². The highest BCUT2D eigenvalue weighted by atomic mass is 16.4. The normalized spacial score (nSPS) is 11.7. The van der Waals surface area contributed by atoms with Gasteiger partial charge in [0.1, 0.15) is 0 Å². The third-order valence-electron chi connectivity index (χ3n) is 2.95. The third kappa shape index (κ3) is 5.42. The number of urea groups is 1. The van der Waals surface area contributed by atoms with Gasteiger partial charge in [0.2, 0.25) is 0 Å². The Bertz CT molecular complexity index is 446. The summed E-state index contributed by atoms with van der Waals surface area (Å²) >= 11 is 0. The first-order valence-electron chi connectivity index (χ1n) is 6.33. The zero-order valence-electron chi connectivity index (χ0n) is 11.3. The van der Waals surface area contributed by atoms with Gasteiger partial charge in [0.15, 0.2) is 0 Å². The maximum Gasteiger partial charge on any atom is 0.315 e. The van der Waals surface area contributed by atoms with Gasteiger partial charge in [0, 0.05) is 12.6 Å². The van der Waals surface area contributed by atoms with Crippen molar-refractivity contribution in [3.63, 3.8) is 0 Å². The second-order valence-corrected chi connectivity index (χ2v) is 4.46. The van der Waals surface area contributed by atoms with Crippen LogP contribution in [0.2, 0.25) is 0 Å². The van der Waals surface area contributed by atoms with Crippen LogP contribution >= 0.6 is 0 Å². The molecule has 0 spiro atoms. The van der Waals surface area contributed by atoms with E-state index in [4.69, 9.17) is 5.11 Å². The van der Waals surface area contributed by atoms with Gasteiger partial charge in [0.25, 0.3) is 0 Å². The second kappa shape index (κ2) is 7.41. The van der Waals surface area contributed by atoms with Crippen LogP contribution in [0.4, 0.5) is 4.79 Å². The minimum Gasteiger partial charge on any atom is -0.481 e. The fourth-order valence-electron chi connectivity index (χ4n) is 1.73. The fraction of sp³-hybridized carbons (Fsp3) is 0.429. The van der Waals surface area contributed by atoms with E-state index in [1.807, 2.05) is 38.1 Å². The van der Waals surface area contributed by atoms with Gasteiger partial charge in [-0.15, -0.1) is 0 Å². The summed E-state index contributed by atoms with van der Waals surface area (Å²) in [5.41, 5.74) is 2.16. The van der Waals surface area contributed by atoms with Crippen LogP contribution in [0.3, 0.4) is 0 Å². The summed E-state index contributed by atoms with van der Waals surface area (Å²) in [6, 6.07) is 7.11. The maximum absolute atomic E-state index is 11.7. The molecule has 0 saturated carbocycles. The van der Waals surface area contributed by atoms with E-state index in [1.54, 1.807) is 0 Å². The lowest BCUT2D eigenvalue weighted by atomic mass is 10.1. The SMILES string of the molecule is CCC(CC(=O)O)NC(=O)NCc1ccccc1C. The van der Waals surface area contributed by atoms with Crippen molar-refractivity contribution in [2.24, 2.45) is 0 Å². The number of benzene rings is 1. The number of rotatable bonds is 6. The first-order valence-corrected chi connectivity index (χ1v) is 6.33. The molecule has 3 N–H and O–H groups in total. The van der Waals surface area contributed by atoms with Gasteiger partial charge in [0.05, 0.1) is 6.42 Å². The van der Waals surface area contributed by atoms with E-state index < -0.39 is 5.97 Å². The molecule has 0 heterocycles. The Balaban J connectivity index is 2.43. The molecule has 1 aromatic rings. The number of carbonyl (C=O) groups is 2. The molecule has 1 unspecified atom stereocenters. The minimum absolute atomic E-state index is 0.0612. The molecule has 0 fully saturated rings. The van der Waals surface area contributed by atoms with Crippen LogP contribution in [0.5, 0.6) is 0 Å². The van der Waals surface area contributed by atoms with Crippen LogP contribution in [-0.2, 0) is 11.3 Å². The molecule has 1 atom stereocenters. The molecule has 19 heavy (non-hydrogen) atoms. The van der Waals surface area contributed by atoms with Crippen molar-refractivity contribution in [3.05, 3.63) is 35.4 Å². The smallest absolute Gasteiger partial charge is 0.315 e. The van der Waals surface area contributed by atoms with Crippen LogP contribution in [0.15, 0.2) is 24.3 Å². The van der Waals surface area contributed by atoms with E-state index in [2.05, 4.69) is 10.6 Å². The Kier molecular flexibility index (Phi) is 5.85. The molecule has 5 nitrogen and oxygen atoms in total. The molecule has 1 rings (SSSR count). The predicted octanol–water partition coefficient (Wildman–Crippen LogP) is 2.05. The van der Waals surface area contributed by atoms with Gasteiger partial charge >= 0.3 is 12.0 Å². The Morgan fingerprint density at radius 1 is 1.32 bits per heavy atom. The topological polar surface area (TPSA) is 78.4 Å². The molecule has 0 bridgehead atoms. The van der Waals surface area contributed by atoms with E-state index in [-0.39, 0.29) is 18.5 Å². The van der Waals surface area contributed by atoms with Gasteiger partial charge in [-0.1, -0.05) is 31.2 Å². The second-order valence-electron chi connectivity index (χ2n) is 4.46. The molecule has 0 aliphatic rings. The lowest BCUT2D eigenvalue weighted by Gasteiger charge is -2.15. The summed E-state index contributed by atoms with van der Waals surface area (Å²) in [5, 5.41) is 14.1. The molecular formula is C14H20N2O3. The fourth-order valence-corrected chi connectivity index (χ4v) is 1.73. The quantitative estimate of drug-likeness (QED) is 0.735. The van der Waals surface area contributed by atoms with Crippen molar-refractivity contribution in [2.45, 2.75) is 39.3 Å². The van der Waals surface area contributed by atoms with E-state index in [1.165, 1.54) is 0 Å². The number of amides is 2. The van der Waals surface area contributed by atoms with Crippen LogP contribution in [-0.4, -0.2) is 23.1 Å². The van der Waals surface area contributed by atoms with Crippen LogP contribution in [0.25, 0.3) is 0 Å². The van der Waals surface area contributed by atoms with Gasteiger partial charge in [-0.3, -0.25) is 4.79 Å². The summed E-state index contributed by atoms with van der Waals surface area (Å²) < 4.78 is 0. The van der Waals surface area contributed by atoms with E-state index in [0.717, 1.165) is 11.1 Å². The van der Waals surface area contributed by atoms with E-state index in [9.17, 15) is 9.59 Å². The molecule has 0 radical (unpaired) electrons. The zero-order chi connectivity index (χ0) is 14.3. The molecule has 1 aromatic carbocycles. The summed E-state index contributed by atoms with van der Waals surface area (Å²) in [6.45, 7) is 4.26. The van der Waals surface area contributed by atoms with Crippen molar-refractivity contribution in [1.29, 1.82) is 0 Å². The van der Waals surface area contributed by atoms with Gasteiger partial charge < -0.3 is 15.7 Å². The minimum atomic E-state index is -0.911. The standard InChI is InChI=1S/C14H20N2O3/c1-3-12(8-13(17)18)16-14(19)15-9-11-7-5-4-6-10(11)2/h4-7,12H,3,8-9H2,1-2H3,(H,17,18)(H2,15,16,19). The highest BCUT2D eigenvalue weighted by Crippen LogP contribution is 2.06. The van der Waals surface area contributed by atoms with Crippen molar-refractivity contribution in [2.75, 3.05) is 0 Å². The molecule has 0 aromatic heterocycles. The van der Waals surface area contributed by atoms with Crippen molar-refractivity contribution in [3.8, 4) is 0 Å². The third-order valence-corrected chi connectivity index (χ3v) is 2.95. The number of hydrogen-bond donors (Lipinski definition) is 3. The van der Waals surface area contributed by atoms with Gasteiger partial charge in [-0.25, -0.2) is 4.79 Å². The summed E-state index contributed by atoms with van der Waals surface area (Å²) in [4.78, 5) is 22.3.